The van der Waals surface area contributed by atoms with E-state index in [4.69, 9.17) is 0 Å². The zero-order valence-electron chi connectivity index (χ0n) is 11.6. The van der Waals surface area contributed by atoms with Crippen LogP contribution in [0.1, 0.15) is 19.5 Å². The van der Waals surface area contributed by atoms with E-state index in [0.717, 1.165) is 9.75 Å². The summed E-state index contributed by atoms with van der Waals surface area (Å²) >= 11 is 3.36. The molecule has 0 saturated heterocycles. The minimum atomic E-state index is 0.385. The van der Waals surface area contributed by atoms with Crippen molar-refractivity contribution in [3.8, 4) is 0 Å². The van der Waals surface area contributed by atoms with Crippen molar-refractivity contribution in [3.05, 3.63) is 43.8 Å². The Bertz CT molecular complexity index is 729. The molecule has 0 fully saturated rings. The van der Waals surface area contributed by atoms with Crippen LogP contribution in [0.2, 0.25) is 0 Å². The second kappa shape index (κ2) is 6.11. The molecule has 0 aliphatic heterocycles. The first-order chi connectivity index (χ1) is 10.2. The van der Waals surface area contributed by atoms with Gasteiger partial charge in [0, 0.05) is 31.9 Å². The Labute approximate surface area is 130 Å². The average molecular weight is 315 g/mol. The monoisotopic (exact) mass is 315 g/mol. The van der Waals surface area contributed by atoms with Crippen molar-refractivity contribution in [3.63, 3.8) is 0 Å². The van der Waals surface area contributed by atoms with Crippen LogP contribution in [0.25, 0.3) is 0 Å². The first kappa shape index (κ1) is 13.8. The molecule has 0 aliphatic rings. The van der Waals surface area contributed by atoms with Crippen molar-refractivity contribution in [2.45, 2.75) is 13.8 Å². The Balaban J connectivity index is 1.68. The van der Waals surface area contributed by atoms with E-state index < -0.39 is 0 Å². The molecule has 3 aromatic rings. The summed E-state index contributed by atoms with van der Waals surface area (Å²) in [7, 11) is 0. The molecule has 3 rings (SSSR count). The predicted molar refractivity (Wildman–Crippen MR) is 89.0 cm³/mol. The molecule has 0 bridgehead atoms. The highest BCUT2D eigenvalue weighted by molar-refractivity contribution is 7.13. The molecule has 0 spiro atoms. The summed E-state index contributed by atoms with van der Waals surface area (Å²) < 4.78 is 0. The van der Waals surface area contributed by atoms with Crippen LogP contribution in [-0.2, 0) is 0 Å². The fourth-order valence-electron chi connectivity index (χ4n) is 1.65. The second-order valence-electron chi connectivity index (χ2n) is 4.37. The van der Waals surface area contributed by atoms with Gasteiger partial charge in [0.1, 0.15) is 0 Å². The Morgan fingerprint density at radius 2 is 1.57 bits per heavy atom. The Morgan fingerprint density at radius 1 is 0.952 bits per heavy atom. The third kappa shape index (κ3) is 3.71. The van der Waals surface area contributed by atoms with Gasteiger partial charge in [-0.2, -0.15) is 4.98 Å². The van der Waals surface area contributed by atoms with Crippen molar-refractivity contribution in [1.82, 2.24) is 15.2 Å². The van der Waals surface area contributed by atoms with Crippen LogP contribution >= 0.6 is 22.7 Å². The molecule has 0 atom stereocenters. The molecule has 0 aliphatic carbocycles. The first-order valence-electron chi connectivity index (χ1n) is 6.32. The van der Waals surface area contributed by atoms with Crippen molar-refractivity contribution in [2.24, 2.45) is 9.98 Å². The highest BCUT2D eigenvalue weighted by Crippen LogP contribution is 2.16. The number of thiophene rings is 2. The SMILES string of the molecule is Cc1ccc(/C=N\c2n[nH]c(/N=C/c3ccc(C)s3)n2)s1. The number of H-pyrrole nitrogens is 1. The van der Waals surface area contributed by atoms with Gasteiger partial charge in [-0.1, -0.05) is 0 Å². The molecule has 7 heteroatoms. The summed E-state index contributed by atoms with van der Waals surface area (Å²) in [4.78, 5) is 17.4. The zero-order chi connectivity index (χ0) is 14.7. The average Bonchev–Trinajstić information content (AvgIpc) is 3.16. The van der Waals surface area contributed by atoms with Crippen molar-refractivity contribution >= 4 is 47.0 Å². The fraction of sp³-hybridized carbons (Fsp3) is 0.143. The molecule has 3 heterocycles. The smallest absolute Gasteiger partial charge is 0.241 e. The third-order valence-corrected chi connectivity index (χ3v) is 4.48. The van der Waals surface area contributed by atoms with Crippen molar-refractivity contribution < 1.29 is 0 Å². The molecule has 1 N–H and O–H groups in total. The summed E-state index contributed by atoms with van der Waals surface area (Å²) in [5.41, 5.74) is 0. The van der Waals surface area contributed by atoms with Crippen LogP contribution in [-0.4, -0.2) is 27.6 Å². The lowest BCUT2D eigenvalue weighted by molar-refractivity contribution is 1.08. The molecule has 0 saturated carbocycles. The summed E-state index contributed by atoms with van der Waals surface area (Å²) in [6.45, 7) is 4.13. The van der Waals surface area contributed by atoms with E-state index in [1.165, 1.54) is 9.75 Å². The summed E-state index contributed by atoms with van der Waals surface area (Å²) in [6, 6.07) is 8.17. The highest BCUT2D eigenvalue weighted by Gasteiger charge is 2.00. The predicted octanol–water partition coefficient (Wildman–Crippen LogP) is 4.05. The molecule has 0 radical (unpaired) electrons. The number of hydrogen-bond acceptors (Lipinski definition) is 6. The Hall–Kier alpha value is -2.12. The minimum Gasteiger partial charge on any atom is -0.241 e. The van der Waals surface area contributed by atoms with Crippen LogP contribution in [0.3, 0.4) is 0 Å². The molecule has 5 nitrogen and oxygen atoms in total. The number of hydrogen-bond donors (Lipinski definition) is 1. The number of nitrogens with zero attached hydrogens (tertiary/aromatic N) is 4. The van der Waals surface area contributed by atoms with Crippen molar-refractivity contribution in [1.29, 1.82) is 0 Å². The second-order valence-corrected chi connectivity index (χ2v) is 7.01. The summed E-state index contributed by atoms with van der Waals surface area (Å²) in [5.74, 6) is 0.839. The van der Waals surface area contributed by atoms with Gasteiger partial charge in [-0.25, -0.2) is 15.1 Å². The number of aromatic nitrogens is 3. The van der Waals surface area contributed by atoms with Gasteiger partial charge in [0.25, 0.3) is 5.95 Å². The van der Waals surface area contributed by atoms with Gasteiger partial charge in [-0.05, 0) is 38.1 Å². The van der Waals surface area contributed by atoms with E-state index in [1.54, 1.807) is 35.1 Å². The highest BCUT2D eigenvalue weighted by atomic mass is 32.1. The molecule has 21 heavy (non-hydrogen) atoms. The number of aromatic amines is 1. The van der Waals surface area contributed by atoms with Crippen LogP contribution < -0.4 is 0 Å². The van der Waals surface area contributed by atoms with E-state index in [1.807, 2.05) is 12.1 Å². The largest absolute Gasteiger partial charge is 0.269 e. The van der Waals surface area contributed by atoms with E-state index in [9.17, 15) is 0 Å². The van der Waals surface area contributed by atoms with Gasteiger partial charge >= 0.3 is 0 Å². The number of rotatable bonds is 4. The lowest BCUT2D eigenvalue weighted by Crippen LogP contribution is -1.73. The maximum atomic E-state index is 4.25. The number of aryl methyl sites for hydroxylation is 2. The van der Waals surface area contributed by atoms with Gasteiger partial charge in [-0.15, -0.1) is 27.8 Å². The van der Waals surface area contributed by atoms with Gasteiger partial charge in [0.15, 0.2) is 0 Å². The van der Waals surface area contributed by atoms with Gasteiger partial charge < -0.3 is 0 Å². The standard InChI is InChI=1S/C14H13N5S2/c1-9-3-5-11(20-9)7-15-13-17-14(19-18-13)16-8-12-6-4-10(2)21-12/h3-8H,1-2H3,(H,17,18,19)/b15-7-,16-8+. The lowest BCUT2D eigenvalue weighted by Gasteiger charge is -1.83. The van der Waals surface area contributed by atoms with Crippen LogP contribution in [0, 0.1) is 13.8 Å². The zero-order valence-corrected chi connectivity index (χ0v) is 13.2. The van der Waals surface area contributed by atoms with Crippen LogP contribution in [0.4, 0.5) is 11.9 Å². The topological polar surface area (TPSA) is 66.3 Å². The Kier molecular flexibility index (Phi) is 4.03. The molecule has 0 aromatic carbocycles. The molecular formula is C14H13N5S2. The lowest BCUT2D eigenvalue weighted by atomic mass is 10.4. The normalized spacial score (nSPS) is 11.9. The van der Waals surface area contributed by atoms with Gasteiger partial charge in [0.05, 0.1) is 0 Å². The first-order valence-corrected chi connectivity index (χ1v) is 7.96. The molecule has 106 valence electrons. The quantitative estimate of drug-likeness (QED) is 0.738. The third-order valence-electron chi connectivity index (χ3n) is 2.61. The summed E-state index contributed by atoms with van der Waals surface area (Å²) in [5, 5.41) is 6.78. The Morgan fingerprint density at radius 3 is 2.14 bits per heavy atom. The van der Waals surface area contributed by atoms with E-state index >= 15 is 0 Å². The van der Waals surface area contributed by atoms with Gasteiger partial charge in [0.2, 0.25) is 5.95 Å². The molecular weight excluding hydrogens is 302 g/mol. The van der Waals surface area contributed by atoms with Crippen molar-refractivity contribution in [2.75, 3.05) is 0 Å². The van der Waals surface area contributed by atoms with E-state index in [-0.39, 0.29) is 0 Å². The molecule has 3 aromatic heterocycles. The maximum Gasteiger partial charge on any atom is 0.269 e. The van der Waals surface area contributed by atoms with Crippen LogP contribution in [0.5, 0.6) is 0 Å². The molecule has 0 amide bonds. The fourth-order valence-corrected chi connectivity index (χ4v) is 3.15. The van der Waals surface area contributed by atoms with E-state index in [2.05, 4.69) is 51.1 Å². The summed E-state index contributed by atoms with van der Waals surface area (Å²) in [6.07, 6.45) is 3.53. The van der Waals surface area contributed by atoms with Gasteiger partial charge in [-0.3, -0.25) is 0 Å². The molecule has 0 unspecified atom stereocenters. The maximum absolute atomic E-state index is 4.25. The number of nitrogens with one attached hydrogen (secondary N) is 1. The number of aliphatic imine (C=N–C) groups is 2. The van der Waals surface area contributed by atoms with E-state index in [0.29, 0.717) is 11.9 Å². The van der Waals surface area contributed by atoms with Crippen LogP contribution in [0.15, 0.2) is 34.3 Å². The minimum absolute atomic E-state index is 0.385.